The highest BCUT2D eigenvalue weighted by Crippen LogP contribution is 2.11. The van der Waals surface area contributed by atoms with E-state index in [1.54, 1.807) is 25.1 Å². The summed E-state index contributed by atoms with van der Waals surface area (Å²) in [7, 11) is 0. The number of nitrogens with zero attached hydrogens (tertiary/aromatic N) is 1. The van der Waals surface area contributed by atoms with Gasteiger partial charge < -0.3 is 9.52 Å². The Morgan fingerprint density at radius 3 is 2.93 bits per heavy atom. The van der Waals surface area contributed by atoms with Gasteiger partial charge in [-0.05, 0) is 19.1 Å². The molecule has 4 nitrogen and oxygen atoms in total. The maximum absolute atomic E-state index is 11.4. The first kappa shape index (κ1) is 9.02. The van der Waals surface area contributed by atoms with E-state index in [1.807, 2.05) is 6.07 Å². The highest BCUT2D eigenvalue weighted by atomic mass is 16.4. The summed E-state index contributed by atoms with van der Waals surface area (Å²) in [6, 6.07) is 7.16. The third kappa shape index (κ3) is 1.44. The highest BCUT2D eigenvalue weighted by molar-refractivity contribution is 5.72. The van der Waals surface area contributed by atoms with Gasteiger partial charge in [0.1, 0.15) is 0 Å². The lowest BCUT2D eigenvalue weighted by atomic mass is 10.3. The van der Waals surface area contributed by atoms with Gasteiger partial charge in [-0.25, -0.2) is 4.79 Å². The van der Waals surface area contributed by atoms with Gasteiger partial charge in [0.25, 0.3) is 0 Å². The first-order valence-electron chi connectivity index (χ1n) is 4.45. The Balaban J connectivity index is 2.62. The molecule has 2 aromatic rings. The summed E-state index contributed by atoms with van der Waals surface area (Å²) < 4.78 is 6.43. The Kier molecular flexibility index (Phi) is 2.13. The van der Waals surface area contributed by atoms with Crippen LogP contribution in [0.15, 0.2) is 33.5 Å². The fraction of sp³-hybridized carbons (Fsp3) is 0.300. The molecule has 0 radical (unpaired) electrons. The third-order valence-corrected chi connectivity index (χ3v) is 2.02. The minimum absolute atomic E-state index is 0.260. The molecule has 0 aliphatic heterocycles. The fourth-order valence-corrected chi connectivity index (χ4v) is 1.45. The Labute approximate surface area is 80.4 Å². The Bertz CT molecular complexity index is 495. The van der Waals surface area contributed by atoms with Crippen molar-refractivity contribution in [1.29, 1.82) is 0 Å². The number of hydrogen-bond acceptors (Lipinski definition) is 3. The molecule has 0 spiro atoms. The van der Waals surface area contributed by atoms with Gasteiger partial charge in [0.05, 0.1) is 18.2 Å². The lowest BCUT2D eigenvalue weighted by molar-refractivity contribution is 0.171. The normalized spacial score (nSPS) is 13.3. The number of aliphatic hydroxyl groups is 1. The van der Waals surface area contributed by atoms with Gasteiger partial charge in [-0.2, -0.15) is 0 Å². The van der Waals surface area contributed by atoms with Gasteiger partial charge in [-0.15, -0.1) is 0 Å². The maximum atomic E-state index is 11.4. The molecule has 4 heteroatoms. The molecule has 0 aliphatic carbocycles. The second-order valence-corrected chi connectivity index (χ2v) is 3.30. The Hall–Kier alpha value is -1.55. The molecule has 1 heterocycles. The Morgan fingerprint density at radius 1 is 1.50 bits per heavy atom. The largest absolute Gasteiger partial charge is 0.420 e. The number of aliphatic hydroxyl groups excluding tert-OH is 1. The summed E-state index contributed by atoms with van der Waals surface area (Å²) in [5.74, 6) is -0.424. The maximum Gasteiger partial charge on any atom is 0.420 e. The molecule has 0 aliphatic rings. The summed E-state index contributed by atoms with van der Waals surface area (Å²) >= 11 is 0. The smallest absolute Gasteiger partial charge is 0.408 e. The number of fused-ring (bicyclic) bond motifs is 1. The topological polar surface area (TPSA) is 55.4 Å². The van der Waals surface area contributed by atoms with E-state index in [0.717, 1.165) is 5.52 Å². The molecule has 0 saturated carbocycles. The SMILES string of the molecule is C[C@H](O)Cn1c(=O)oc2ccccc21. The molecule has 1 N–H and O–H groups in total. The monoisotopic (exact) mass is 193 g/mol. The number of benzene rings is 1. The zero-order valence-electron chi connectivity index (χ0n) is 7.80. The molecular formula is C10H11NO3. The fourth-order valence-electron chi connectivity index (χ4n) is 1.45. The lowest BCUT2D eigenvalue weighted by Crippen LogP contribution is -2.21. The van der Waals surface area contributed by atoms with Crippen LogP contribution < -0.4 is 5.76 Å². The zero-order valence-corrected chi connectivity index (χ0v) is 7.80. The predicted octanol–water partition coefficient (Wildman–Crippen LogP) is 0.975. The zero-order chi connectivity index (χ0) is 10.1. The van der Waals surface area contributed by atoms with Crippen molar-refractivity contribution in [3.05, 3.63) is 34.8 Å². The third-order valence-electron chi connectivity index (χ3n) is 2.02. The van der Waals surface area contributed by atoms with E-state index in [-0.39, 0.29) is 6.54 Å². The van der Waals surface area contributed by atoms with Crippen molar-refractivity contribution < 1.29 is 9.52 Å². The molecular weight excluding hydrogens is 182 g/mol. The molecule has 74 valence electrons. The summed E-state index contributed by atoms with van der Waals surface area (Å²) in [4.78, 5) is 11.4. The van der Waals surface area contributed by atoms with Gasteiger partial charge in [-0.1, -0.05) is 12.1 Å². The Morgan fingerprint density at radius 2 is 2.21 bits per heavy atom. The lowest BCUT2D eigenvalue weighted by Gasteiger charge is -2.03. The van der Waals surface area contributed by atoms with Crippen molar-refractivity contribution in [3.63, 3.8) is 0 Å². The summed E-state index contributed by atoms with van der Waals surface area (Å²) in [5, 5.41) is 9.21. The second-order valence-electron chi connectivity index (χ2n) is 3.30. The van der Waals surface area contributed by atoms with Crippen LogP contribution in [0.2, 0.25) is 0 Å². The van der Waals surface area contributed by atoms with Gasteiger partial charge in [0.2, 0.25) is 0 Å². The molecule has 0 unspecified atom stereocenters. The van der Waals surface area contributed by atoms with E-state index in [1.165, 1.54) is 4.57 Å². The molecule has 14 heavy (non-hydrogen) atoms. The van der Waals surface area contributed by atoms with Crippen LogP contribution in [0.3, 0.4) is 0 Å². The van der Waals surface area contributed by atoms with Crippen LogP contribution in [-0.2, 0) is 6.54 Å². The van der Waals surface area contributed by atoms with E-state index < -0.39 is 11.9 Å². The molecule has 1 aromatic carbocycles. The van der Waals surface area contributed by atoms with E-state index in [0.29, 0.717) is 5.58 Å². The van der Waals surface area contributed by atoms with Gasteiger partial charge in [0.15, 0.2) is 5.58 Å². The van der Waals surface area contributed by atoms with Crippen molar-refractivity contribution in [1.82, 2.24) is 4.57 Å². The summed E-state index contributed by atoms with van der Waals surface area (Å²) in [6.07, 6.45) is -0.561. The van der Waals surface area contributed by atoms with Crippen LogP contribution in [0.5, 0.6) is 0 Å². The van der Waals surface area contributed by atoms with Gasteiger partial charge >= 0.3 is 5.76 Å². The van der Waals surface area contributed by atoms with Gasteiger partial charge in [0, 0.05) is 0 Å². The minimum atomic E-state index is -0.561. The minimum Gasteiger partial charge on any atom is -0.408 e. The molecule has 2 rings (SSSR count). The summed E-state index contributed by atoms with van der Waals surface area (Å²) in [6.45, 7) is 1.89. The van der Waals surface area contributed by atoms with Crippen LogP contribution in [-0.4, -0.2) is 15.8 Å². The first-order chi connectivity index (χ1) is 6.68. The number of hydrogen-bond donors (Lipinski definition) is 1. The molecule has 0 bridgehead atoms. The van der Waals surface area contributed by atoms with Crippen LogP contribution in [0, 0.1) is 0 Å². The van der Waals surface area contributed by atoms with Crippen molar-refractivity contribution in [2.45, 2.75) is 19.6 Å². The van der Waals surface area contributed by atoms with Crippen molar-refractivity contribution in [2.75, 3.05) is 0 Å². The van der Waals surface area contributed by atoms with Gasteiger partial charge in [-0.3, -0.25) is 4.57 Å². The second kappa shape index (κ2) is 3.31. The van der Waals surface area contributed by atoms with E-state index in [9.17, 15) is 9.90 Å². The van der Waals surface area contributed by atoms with E-state index >= 15 is 0 Å². The van der Waals surface area contributed by atoms with Crippen LogP contribution >= 0.6 is 0 Å². The number of aromatic nitrogens is 1. The molecule has 1 atom stereocenters. The van der Waals surface area contributed by atoms with Crippen molar-refractivity contribution >= 4 is 11.1 Å². The van der Waals surface area contributed by atoms with E-state index in [2.05, 4.69) is 0 Å². The average Bonchev–Trinajstić information content (AvgIpc) is 2.43. The van der Waals surface area contributed by atoms with Crippen LogP contribution in [0.1, 0.15) is 6.92 Å². The average molecular weight is 193 g/mol. The number of oxazole rings is 1. The van der Waals surface area contributed by atoms with Crippen LogP contribution in [0.4, 0.5) is 0 Å². The standard InChI is InChI=1S/C10H11NO3/c1-7(12)6-11-8-4-2-3-5-9(8)14-10(11)13/h2-5,7,12H,6H2,1H3/t7-/m0/s1. The van der Waals surface area contributed by atoms with Crippen LogP contribution in [0.25, 0.3) is 11.1 Å². The molecule has 0 saturated heterocycles. The van der Waals surface area contributed by atoms with Crippen molar-refractivity contribution in [3.8, 4) is 0 Å². The molecule has 0 fully saturated rings. The molecule has 1 aromatic heterocycles. The van der Waals surface area contributed by atoms with Crippen molar-refractivity contribution in [2.24, 2.45) is 0 Å². The quantitative estimate of drug-likeness (QED) is 0.773. The summed E-state index contributed by atoms with van der Waals surface area (Å²) in [5.41, 5.74) is 1.27. The molecule has 0 amide bonds. The highest BCUT2D eigenvalue weighted by Gasteiger charge is 2.09. The first-order valence-corrected chi connectivity index (χ1v) is 4.45. The number of para-hydroxylation sites is 2. The predicted molar refractivity (Wildman–Crippen MR) is 52.2 cm³/mol. The number of rotatable bonds is 2. The van der Waals surface area contributed by atoms with E-state index in [4.69, 9.17) is 4.42 Å².